The van der Waals surface area contributed by atoms with E-state index in [4.69, 9.17) is 10.3 Å². The first-order valence-corrected chi connectivity index (χ1v) is 4.40. The minimum atomic E-state index is 0.0479. The van der Waals surface area contributed by atoms with Gasteiger partial charge in [-0.15, -0.1) is 0 Å². The molecule has 72 valence electrons. The van der Waals surface area contributed by atoms with Crippen molar-refractivity contribution in [3.8, 4) is 11.5 Å². The van der Waals surface area contributed by atoms with Crippen molar-refractivity contribution in [1.29, 1.82) is 0 Å². The zero-order chi connectivity index (χ0) is 9.97. The third kappa shape index (κ3) is 1.65. The third-order valence-corrected chi connectivity index (χ3v) is 2.04. The van der Waals surface area contributed by atoms with Crippen molar-refractivity contribution in [2.45, 2.75) is 13.0 Å². The quantitative estimate of drug-likeness (QED) is 0.781. The topological polar surface area (TPSA) is 64.9 Å². The highest BCUT2D eigenvalue weighted by atomic mass is 16.5. The Labute approximate surface area is 81.7 Å². The summed E-state index contributed by atoms with van der Waals surface area (Å²) < 4.78 is 4.93. The Morgan fingerprint density at radius 1 is 1.29 bits per heavy atom. The molecule has 0 saturated heterocycles. The fraction of sp³-hybridized carbons (Fsp3) is 0.200. The molecule has 2 rings (SSSR count). The molecule has 2 N–H and O–H groups in total. The van der Waals surface area contributed by atoms with E-state index < -0.39 is 0 Å². The van der Waals surface area contributed by atoms with Gasteiger partial charge in [0.2, 0.25) is 0 Å². The zero-order valence-electron chi connectivity index (χ0n) is 7.84. The van der Waals surface area contributed by atoms with Gasteiger partial charge in [-0.2, -0.15) is 4.98 Å². The summed E-state index contributed by atoms with van der Waals surface area (Å²) in [6, 6.07) is 7.82. The maximum absolute atomic E-state index is 5.73. The monoisotopic (exact) mass is 189 g/mol. The number of aromatic nitrogens is 2. The van der Waals surface area contributed by atoms with E-state index in [1.807, 2.05) is 31.2 Å². The number of nitrogens with zero attached hydrogens (tertiary/aromatic N) is 2. The molecule has 14 heavy (non-hydrogen) atoms. The molecule has 0 aliphatic heterocycles. The second-order valence-corrected chi connectivity index (χ2v) is 3.16. The molecular formula is C10H11N3O. The number of benzene rings is 1. The summed E-state index contributed by atoms with van der Waals surface area (Å²) in [5, 5.41) is 3.55. The summed E-state index contributed by atoms with van der Waals surface area (Å²) in [6.45, 7) is 1.95. The summed E-state index contributed by atoms with van der Waals surface area (Å²) in [6.07, 6.45) is 1.38. The smallest absolute Gasteiger partial charge is 0.257 e. The molecule has 0 bridgehead atoms. The molecule has 4 heteroatoms. The predicted octanol–water partition coefficient (Wildman–Crippen LogP) is 1.76. The summed E-state index contributed by atoms with van der Waals surface area (Å²) in [7, 11) is 0. The molecule has 0 saturated carbocycles. The maximum atomic E-state index is 5.73. The van der Waals surface area contributed by atoms with E-state index in [9.17, 15) is 0 Å². The van der Waals surface area contributed by atoms with Crippen molar-refractivity contribution >= 4 is 0 Å². The van der Waals surface area contributed by atoms with Crippen LogP contribution in [0.25, 0.3) is 11.5 Å². The van der Waals surface area contributed by atoms with Gasteiger partial charge < -0.3 is 10.3 Å². The van der Waals surface area contributed by atoms with E-state index in [1.54, 1.807) is 0 Å². The molecule has 0 amide bonds. The Morgan fingerprint density at radius 2 is 2.00 bits per heavy atom. The number of hydrogen-bond acceptors (Lipinski definition) is 4. The Hall–Kier alpha value is -1.68. The van der Waals surface area contributed by atoms with Gasteiger partial charge in [-0.3, -0.25) is 0 Å². The van der Waals surface area contributed by atoms with Crippen molar-refractivity contribution in [2.75, 3.05) is 0 Å². The van der Waals surface area contributed by atoms with Crippen LogP contribution in [0.4, 0.5) is 0 Å². The first-order valence-electron chi connectivity index (χ1n) is 4.40. The summed E-state index contributed by atoms with van der Waals surface area (Å²) in [5.41, 5.74) is 7.73. The molecule has 1 heterocycles. The zero-order valence-corrected chi connectivity index (χ0v) is 7.84. The van der Waals surface area contributed by atoms with Gasteiger partial charge in [0.25, 0.3) is 5.89 Å². The van der Waals surface area contributed by atoms with Crippen LogP contribution in [0.1, 0.15) is 18.5 Å². The predicted molar refractivity (Wildman–Crippen MR) is 52.3 cm³/mol. The van der Waals surface area contributed by atoms with E-state index in [1.165, 1.54) is 6.33 Å². The molecule has 0 spiro atoms. The van der Waals surface area contributed by atoms with Gasteiger partial charge in [-0.05, 0) is 24.6 Å². The van der Waals surface area contributed by atoms with E-state index >= 15 is 0 Å². The van der Waals surface area contributed by atoms with Crippen LogP contribution in [0, 0.1) is 0 Å². The number of hydrogen-bond donors (Lipinski definition) is 1. The van der Waals surface area contributed by atoms with Crippen LogP contribution in [0.2, 0.25) is 0 Å². The lowest BCUT2D eigenvalue weighted by atomic mass is 10.1. The Kier molecular flexibility index (Phi) is 2.28. The van der Waals surface area contributed by atoms with Crippen LogP contribution in [0.5, 0.6) is 0 Å². The molecule has 0 radical (unpaired) electrons. The molecule has 1 atom stereocenters. The van der Waals surface area contributed by atoms with Crippen LogP contribution < -0.4 is 5.73 Å². The second kappa shape index (κ2) is 3.59. The van der Waals surface area contributed by atoms with E-state index in [-0.39, 0.29) is 6.04 Å². The van der Waals surface area contributed by atoms with Crippen LogP contribution in [0.15, 0.2) is 35.1 Å². The fourth-order valence-electron chi connectivity index (χ4n) is 1.23. The Balaban J connectivity index is 2.31. The van der Waals surface area contributed by atoms with Gasteiger partial charge in [0.1, 0.15) is 0 Å². The van der Waals surface area contributed by atoms with Crippen LogP contribution >= 0.6 is 0 Å². The largest absolute Gasteiger partial charge is 0.334 e. The van der Waals surface area contributed by atoms with Crippen molar-refractivity contribution < 1.29 is 4.52 Å². The molecule has 1 aromatic carbocycles. The molecule has 0 unspecified atom stereocenters. The normalized spacial score (nSPS) is 12.7. The minimum absolute atomic E-state index is 0.0479. The molecule has 0 aliphatic rings. The first-order chi connectivity index (χ1) is 6.77. The summed E-state index contributed by atoms with van der Waals surface area (Å²) in [5.74, 6) is 0.529. The Bertz CT molecular complexity index is 392. The van der Waals surface area contributed by atoms with Gasteiger partial charge >= 0.3 is 0 Å². The second-order valence-electron chi connectivity index (χ2n) is 3.16. The van der Waals surface area contributed by atoms with Gasteiger partial charge in [0.15, 0.2) is 6.33 Å². The average molecular weight is 189 g/mol. The van der Waals surface area contributed by atoms with Crippen LogP contribution in [-0.2, 0) is 0 Å². The highest BCUT2D eigenvalue weighted by molar-refractivity contribution is 5.53. The van der Waals surface area contributed by atoms with Crippen LogP contribution in [0.3, 0.4) is 0 Å². The highest BCUT2D eigenvalue weighted by Gasteiger charge is 2.04. The molecule has 4 nitrogen and oxygen atoms in total. The van der Waals surface area contributed by atoms with Gasteiger partial charge in [-0.25, -0.2) is 0 Å². The van der Waals surface area contributed by atoms with E-state index in [0.717, 1.165) is 11.1 Å². The lowest BCUT2D eigenvalue weighted by Gasteiger charge is -2.04. The molecular weight excluding hydrogens is 178 g/mol. The van der Waals surface area contributed by atoms with Crippen LogP contribution in [-0.4, -0.2) is 10.1 Å². The lowest BCUT2D eigenvalue weighted by Crippen LogP contribution is -2.04. The summed E-state index contributed by atoms with van der Waals surface area (Å²) in [4.78, 5) is 3.95. The molecule has 1 aromatic heterocycles. The number of rotatable bonds is 2. The fourth-order valence-corrected chi connectivity index (χ4v) is 1.23. The van der Waals surface area contributed by atoms with Crippen molar-refractivity contribution in [2.24, 2.45) is 5.73 Å². The van der Waals surface area contributed by atoms with Gasteiger partial charge in [0.05, 0.1) is 0 Å². The van der Waals surface area contributed by atoms with Gasteiger partial charge in [0, 0.05) is 11.6 Å². The minimum Gasteiger partial charge on any atom is -0.334 e. The molecule has 2 aromatic rings. The SMILES string of the molecule is C[C@H](N)c1ccc(-c2ncno2)cc1. The highest BCUT2D eigenvalue weighted by Crippen LogP contribution is 2.18. The van der Waals surface area contributed by atoms with E-state index in [0.29, 0.717) is 5.89 Å². The third-order valence-electron chi connectivity index (χ3n) is 2.04. The van der Waals surface area contributed by atoms with E-state index in [2.05, 4.69) is 10.1 Å². The lowest BCUT2D eigenvalue weighted by molar-refractivity contribution is 0.430. The number of nitrogens with two attached hydrogens (primary N) is 1. The van der Waals surface area contributed by atoms with Crippen molar-refractivity contribution in [1.82, 2.24) is 10.1 Å². The molecule has 0 aliphatic carbocycles. The maximum Gasteiger partial charge on any atom is 0.257 e. The molecule has 0 fully saturated rings. The average Bonchev–Trinajstić information content (AvgIpc) is 2.71. The van der Waals surface area contributed by atoms with Gasteiger partial charge in [-0.1, -0.05) is 17.3 Å². The van der Waals surface area contributed by atoms with Crippen molar-refractivity contribution in [3.63, 3.8) is 0 Å². The Morgan fingerprint density at radius 3 is 2.50 bits per heavy atom. The van der Waals surface area contributed by atoms with Crippen molar-refractivity contribution in [3.05, 3.63) is 36.2 Å². The first kappa shape index (κ1) is 8.90. The summed E-state index contributed by atoms with van der Waals surface area (Å²) >= 11 is 0. The standard InChI is InChI=1S/C10H11N3O/c1-7(11)8-2-4-9(5-3-8)10-12-6-13-14-10/h2-7H,11H2,1H3/t7-/m0/s1.